The normalized spacial score (nSPS) is 21.5. The van der Waals surface area contributed by atoms with Crippen LogP contribution >= 0.6 is 0 Å². The second kappa shape index (κ2) is 19.3. The summed E-state index contributed by atoms with van der Waals surface area (Å²) >= 11 is 0. The number of carbonyl (C=O) groups is 3. The van der Waals surface area contributed by atoms with Gasteiger partial charge in [0.1, 0.15) is 12.4 Å². The van der Waals surface area contributed by atoms with Crippen LogP contribution in [0.4, 0.5) is 0 Å². The smallest absolute Gasteiger partial charge is 0.307 e. The van der Waals surface area contributed by atoms with Gasteiger partial charge in [0.2, 0.25) is 0 Å². The third kappa shape index (κ3) is 11.1. The summed E-state index contributed by atoms with van der Waals surface area (Å²) in [6.07, 6.45) is 4.03. The van der Waals surface area contributed by atoms with Crippen LogP contribution in [0.25, 0.3) is 0 Å². The Hall–Kier alpha value is -4.29. The summed E-state index contributed by atoms with van der Waals surface area (Å²) in [6, 6.07) is 24.2. The van der Waals surface area contributed by atoms with Crippen LogP contribution in [0, 0.1) is 35.5 Å². The number of carboxylic acid groups (broad SMARTS) is 3. The molecule has 3 aliphatic heterocycles. The lowest BCUT2D eigenvalue weighted by Gasteiger charge is -2.24. The van der Waals surface area contributed by atoms with Crippen molar-refractivity contribution in [3.8, 4) is 5.75 Å². The summed E-state index contributed by atoms with van der Waals surface area (Å²) in [6.45, 7) is 6.99. The Morgan fingerprint density at radius 1 is 0.593 bits per heavy atom. The number of rotatable bonds is 20. The molecule has 0 amide bonds. The minimum absolute atomic E-state index is 0.113. The molecule has 290 valence electrons. The van der Waals surface area contributed by atoms with Crippen molar-refractivity contribution in [2.45, 2.75) is 51.6 Å². The van der Waals surface area contributed by atoms with Gasteiger partial charge in [0.05, 0.1) is 17.8 Å². The van der Waals surface area contributed by atoms with Crippen LogP contribution in [0.5, 0.6) is 5.75 Å². The predicted octanol–water partition coefficient (Wildman–Crippen LogP) is 4.33. The number of aliphatic carboxylic acids is 3. The van der Waals surface area contributed by atoms with Crippen LogP contribution in [0.2, 0.25) is 0 Å². The van der Waals surface area contributed by atoms with Crippen LogP contribution in [-0.2, 0) is 46.7 Å². The van der Waals surface area contributed by atoms with Crippen LogP contribution in [-0.4, -0.2) is 90.5 Å². The molecule has 3 fully saturated rings. The van der Waals surface area contributed by atoms with E-state index in [4.69, 9.17) is 4.74 Å². The average molecular weight is 741 g/mol. The fraction of sp³-hybridized carbons (Fsp3) is 0.512. The number of carboxylic acids is 3. The van der Waals surface area contributed by atoms with E-state index >= 15 is 0 Å². The predicted molar refractivity (Wildman–Crippen MR) is 206 cm³/mol. The van der Waals surface area contributed by atoms with Crippen molar-refractivity contribution >= 4 is 17.9 Å². The molecule has 0 saturated carbocycles. The molecular weight excluding hydrogens is 684 g/mol. The van der Waals surface area contributed by atoms with Crippen LogP contribution in [0.1, 0.15) is 47.1 Å². The molecule has 0 radical (unpaired) electrons. The highest BCUT2D eigenvalue weighted by atomic mass is 16.5. The highest BCUT2D eigenvalue weighted by molar-refractivity contribution is 5.72. The van der Waals surface area contributed by atoms with E-state index in [1.807, 2.05) is 48.5 Å². The first-order chi connectivity index (χ1) is 26.2. The molecule has 0 aliphatic carbocycles. The summed E-state index contributed by atoms with van der Waals surface area (Å²) in [5.74, 6) is -2.53. The van der Waals surface area contributed by atoms with Crippen molar-refractivity contribution < 1.29 is 34.4 Å². The Kier molecular flexibility index (Phi) is 14.1. The molecule has 3 saturated heterocycles. The summed E-state index contributed by atoms with van der Waals surface area (Å²) in [7, 11) is 0. The Bertz CT molecular complexity index is 1620. The first-order valence-electron chi connectivity index (χ1n) is 19.6. The Balaban J connectivity index is 1.15. The fourth-order valence-corrected chi connectivity index (χ4v) is 8.69. The molecule has 11 nitrogen and oxygen atoms in total. The van der Waals surface area contributed by atoms with E-state index in [1.54, 1.807) is 0 Å². The number of nitrogens with one attached hydrogen (secondary N) is 3. The lowest BCUT2D eigenvalue weighted by molar-refractivity contribution is -0.144. The quantitative estimate of drug-likeness (QED) is 0.0980. The molecule has 6 atom stereocenters. The van der Waals surface area contributed by atoms with Gasteiger partial charge in [-0.05, 0) is 135 Å². The number of benzene rings is 3. The van der Waals surface area contributed by atoms with Gasteiger partial charge >= 0.3 is 17.9 Å². The molecule has 0 spiro atoms. The van der Waals surface area contributed by atoms with Gasteiger partial charge in [-0.25, -0.2) is 0 Å². The molecule has 0 bridgehead atoms. The summed E-state index contributed by atoms with van der Waals surface area (Å²) < 4.78 is 6.30. The molecule has 6 rings (SSSR count). The second-order valence-corrected chi connectivity index (χ2v) is 15.6. The standard InChI is InChI=1S/C43H56N4O7/c48-41(49)38(34-10-13-44-24-34)21-29-4-1-7-32(18-29)27-47(28-33-8-2-5-30(19-33)22-39(42(50)51)35-11-14-45-25-35)16-17-54-37-9-3-6-31(20-37)23-40(43(52)53)36-12-15-46-26-36/h1-9,18-20,34-36,38-40,44-46H,10-17,21-28H2,(H,48,49)(H,50,51)(H,52,53)/t34-,35-,36-,38?,39?,40?/m0/s1. The Morgan fingerprint density at radius 3 is 1.37 bits per heavy atom. The largest absolute Gasteiger partial charge is 0.492 e. The number of hydrogen-bond donors (Lipinski definition) is 6. The first kappa shape index (κ1) is 39.4. The maximum Gasteiger partial charge on any atom is 0.307 e. The minimum atomic E-state index is -0.762. The van der Waals surface area contributed by atoms with Crippen molar-refractivity contribution in [3.63, 3.8) is 0 Å². The zero-order valence-electron chi connectivity index (χ0n) is 31.1. The molecule has 11 heteroatoms. The molecule has 3 heterocycles. The van der Waals surface area contributed by atoms with Crippen molar-refractivity contribution in [2.75, 3.05) is 52.4 Å². The van der Waals surface area contributed by atoms with Gasteiger partial charge in [0.15, 0.2) is 0 Å². The third-order valence-electron chi connectivity index (χ3n) is 11.7. The molecule has 3 unspecified atom stereocenters. The van der Waals surface area contributed by atoms with E-state index in [9.17, 15) is 29.7 Å². The summed E-state index contributed by atoms with van der Waals surface area (Å²) in [5.41, 5.74) is 5.13. The van der Waals surface area contributed by atoms with E-state index in [0.29, 0.717) is 51.3 Å². The van der Waals surface area contributed by atoms with E-state index in [-0.39, 0.29) is 17.8 Å². The van der Waals surface area contributed by atoms with Gasteiger partial charge in [-0.2, -0.15) is 0 Å². The highest BCUT2D eigenvalue weighted by Crippen LogP contribution is 2.28. The van der Waals surface area contributed by atoms with Gasteiger partial charge in [-0.15, -0.1) is 0 Å². The van der Waals surface area contributed by atoms with E-state index in [0.717, 1.165) is 86.3 Å². The van der Waals surface area contributed by atoms with Crippen LogP contribution in [0.3, 0.4) is 0 Å². The molecular formula is C43H56N4O7. The summed E-state index contributed by atoms with van der Waals surface area (Å²) in [4.78, 5) is 38.9. The number of nitrogens with zero attached hydrogens (tertiary/aromatic N) is 1. The molecule has 6 N–H and O–H groups in total. The van der Waals surface area contributed by atoms with E-state index in [2.05, 4.69) is 45.1 Å². The molecule has 3 aliphatic rings. The van der Waals surface area contributed by atoms with Gasteiger partial charge < -0.3 is 36.0 Å². The van der Waals surface area contributed by atoms with Gasteiger partial charge in [0.25, 0.3) is 0 Å². The van der Waals surface area contributed by atoms with Gasteiger partial charge in [0, 0.05) is 19.6 Å². The molecule has 0 aromatic heterocycles. The van der Waals surface area contributed by atoms with Crippen LogP contribution < -0.4 is 20.7 Å². The van der Waals surface area contributed by atoms with Crippen molar-refractivity contribution in [1.29, 1.82) is 0 Å². The van der Waals surface area contributed by atoms with Gasteiger partial charge in [-0.1, -0.05) is 60.7 Å². The minimum Gasteiger partial charge on any atom is -0.492 e. The topological polar surface area (TPSA) is 160 Å². The summed E-state index contributed by atoms with van der Waals surface area (Å²) in [5, 5.41) is 40.0. The lowest BCUT2D eigenvalue weighted by Crippen LogP contribution is -2.29. The first-order valence-corrected chi connectivity index (χ1v) is 19.6. The van der Waals surface area contributed by atoms with E-state index < -0.39 is 35.7 Å². The monoisotopic (exact) mass is 740 g/mol. The second-order valence-electron chi connectivity index (χ2n) is 15.6. The Morgan fingerprint density at radius 2 is 0.981 bits per heavy atom. The molecule has 3 aromatic rings. The fourth-order valence-electron chi connectivity index (χ4n) is 8.69. The maximum atomic E-state index is 12.2. The maximum absolute atomic E-state index is 12.2. The van der Waals surface area contributed by atoms with Crippen molar-refractivity contribution in [1.82, 2.24) is 20.9 Å². The van der Waals surface area contributed by atoms with Crippen molar-refractivity contribution in [3.05, 3.63) is 101 Å². The lowest BCUT2D eigenvalue weighted by atomic mass is 9.86. The average Bonchev–Trinajstić information content (AvgIpc) is 3.97. The zero-order valence-corrected chi connectivity index (χ0v) is 31.1. The SMILES string of the molecule is O=C(O)C(Cc1cccc(CN(CCOc2cccc(CC(C(=O)O)[C@H]3CCNC3)c2)Cc2cccc(CC(C(=O)O)[C@H]3CCNC3)c2)c1)[C@H]1CCNC1. The van der Waals surface area contributed by atoms with E-state index in [1.165, 1.54) is 0 Å². The third-order valence-corrected chi connectivity index (χ3v) is 11.7. The van der Waals surface area contributed by atoms with Gasteiger partial charge in [-0.3, -0.25) is 19.3 Å². The molecule has 54 heavy (non-hydrogen) atoms. The zero-order chi connectivity index (χ0) is 37.9. The number of ether oxygens (including phenoxy) is 1. The highest BCUT2D eigenvalue weighted by Gasteiger charge is 2.33. The van der Waals surface area contributed by atoms with Crippen molar-refractivity contribution in [2.24, 2.45) is 35.5 Å². The number of hydrogen-bond acceptors (Lipinski definition) is 8. The van der Waals surface area contributed by atoms with Crippen LogP contribution in [0.15, 0.2) is 72.8 Å². The Labute approximate surface area is 318 Å². The molecule has 3 aromatic carbocycles.